The van der Waals surface area contributed by atoms with Gasteiger partial charge in [-0.05, 0) is 64.2 Å². The van der Waals surface area contributed by atoms with Gasteiger partial charge in [0, 0.05) is 17.6 Å². The van der Waals surface area contributed by atoms with E-state index in [0.29, 0.717) is 6.04 Å². The fourth-order valence-electron chi connectivity index (χ4n) is 2.48. The van der Waals surface area contributed by atoms with Gasteiger partial charge in [0.15, 0.2) is 0 Å². The molecular weight excluding hydrogens is 284 g/mol. The van der Waals surface area contributed by atoms with Crippen molar-refractivity contribution in [2.75, 3.05) is 33.8 Å². The molecule has 2 rings (SSSR count). The number of hydrogen-bond acceptors (Lipinski definition) is 3. The maximum atomic E-state index is 5.86. The van der Waals surface area contributed by atoms with Gasteiger partial charge in [0.25, 0.3) is 0 Å². The topological polar surface area (TPSA) is 24.5 Å². The second-order valence-corrected chi connectivity index (χ2v) is 6.26. The van der Waals surface area contributed by atoms with E-state index >= 15 is 0 Å². The van der Waals surface area contributed by atoms with Gasteiger partial charge in [-0.15, -0.1) is 0 Å². The van der Waals surface area contributed by atoms with Crippen molar-refractivity contribution in [2.24, 2.45) is 0 Å². The Hall–Kier alpha value is -1.03. The highest BCUT2D eigenvalue weighted by Gasteiger charge is 2.16. The summed E-state index contributed by atoms with van der Waals surface area (Å²) in [6, 6.07) is 8.08. The van der Waals surface area contributed by atoms with Crippen molar-refractivity contribution in [1.82, 2.24) is 10.2 Å². The van der Waals surface area contributed by atoms with E-state index in [9.17, 15) is 0 Å². The van der Waals surface area contributed by atoms with Crippen molar-refractivity contribution < 1.29 is 4.74 Å². The van der Waals surface area contributed by atoms with Crippen LogP contribution in [-0.4, -0.2) is 44.7 Å². The number of nitrogens with zero attached hydrogens (tertiary/aromatic N) is 1. The third-order valence-electron chi connectivity index (χ3n) is 3.68. The average molecular weight is 309 g/mol. The molecule has 0 aliphatic carbocycles. The van der Waals surface area contributed by atoms with Crippen molar-refractivity contribution in [3.63, 3.8) is 0 Å². The second-order valence-electron chi connectivity index (χ2n) is 5.82. The maximum absolute atomic E-state index is 5.86. The molecular formula is C17H25ClN2O. The maximum Gasteiger partial charge on any atom is 0.119 e. The molecule has 0 amide bonds. The molecule has 1 saturated heterocycles. The normalized spacial score (nSPS) is 21.0. The van der Waals surface area contributed by atoms with Gasteiger partial charge >= 0.3 is 0 Å². The second kappa shape index (κ2) is 8.42. The molecule has 21 heavy (non-hydrogen) atoms. The highest BCUT2D eigenvalue weighted by Crippen LogP contribution is 2.19. The van der Waals surface area contributed by atoms with Crippen LogP contribution in [0.1, 0.15) is 19.3 Å². The number of nitrogens with one attached hydrogen (secondary N) is 1. The van der Waals surface area contributed by atoms with Crippen molar-refractivity contribution in [1.29, 1.82) is 0 Å². The van der Waals surface area contributed by atoms with Gasteiger partial charge in [-0.2, -0.15) is 0 Å². The van der Waals surface area contributed by atoms with Crippen LogP contribution in [0.25, 0.3) is 0 Å². The summed E-state index contributed by atoms with van der Waals surface area (Å²) in [7, 11) is 4.21. The zero-order chi connectivity index (χ0) is 15.1. The predicted molar refractivity (Wildman–Crippen MR) is 89.2 cm³/mol. The van der Waals surface area contributed by atoms with Crippen LogP contribution in [0.15, 0.2) is 35.9 Å². The molecule has 1 aromatic carbocycles. The highest BCUT2D eigenvalue weighted by atomic mass is 35.5. The quantitative estimate of drug-likeness (QED) is 0.816. The Kier molecular flexibility index (Phi) is 6.55. The Labute approximate surface area is 132 Å². The minimum absolute atomic E-state index is 0.527. The average Bonchev–Trinajstić information content (AvgIpc) is 2.48. The molecule has 4 heteroatoms. The summed E-state index contributed by atoms with van der Waals surface area (Å²) in [4.78, 5) is 2.20. The summed E-state index contributed by atoms with van der Waals surface area (Å²) in [5.41, 5.74) is 1.57. The number of rotatable bonds is 6. The highest BCUT2D eigenvalue weighted by molar-refractivity contribution is 6.30. The Morgan fingerprint density at radius 3 is 2.81 bits per heavy atom. The molecule has 0 aromatic heterocycles. The molecule has 1 fully saturated rings. The van der Waals surface area contributed by atoms with Crippen LogP contribution in [0.5, 0.6) is 5.75 Å². The lowest BCUT2D eigenvalue weighted by Gasteiger charge is -2.26. The van der Waals surface area contributed by atoms with Crippen molar-refractivity contribution in [3.8, 4) is 5.75 Å². The number of piperidine rings is 1. The number of ether oxygens (including phenoxy) is 1. The third-order valence-corrected chi connectivity index (χ3v) is 3.93. The molecule has 1 aliphatic heterocycles. The van der Waals surface area contributed by atoms with Crippen LogP contribution in [-0.2, 0) is 0 Å². The van der Waals surface area contributed by atoms with Gasteiger partial charge in [-0.25, -0.2) is 0 Å². The van der Waals surface area contributed by atoms with E-state index in [1.54, 1.807) is 5.57 Å². The Morgan fingerprint density at radius 1 is 1.33 bits per heavy atom. The van der Waals surface area contributed by atoms with Gasteiger partial charge in [-0.3, -0.25) is 0 Å². The van der Waals surface area contributed by atoms with Crippen molar-refractivity contribution in [2.45, 2.75) is 25.3 Å². The van der Waals surface area contributed by atoms with Gasteiger partial charge in [-0.1, -0.05) is 23.3 Å². The Bertz CT molecular complexity index is 456. The molecule has 1 N–H and O–H groups in total. The fourth-order valence-corrected chi connectivity index (χ4v) is 2.60. The van der Waals surface area contributed by atoms with Crippen LogP contribution < -0.4 is 10.1 Å². The number of halogens is 1. The largest absolute Gasteiger partial charge is 0.494 e. The van der Waals surface area contributed by atoms with E-state index in [2.05, 4.69) is 30.4 Å². The van der Waals surface area contributed by atoms with E-state index in [1.165, 1.54) is 6.42 Å². The molecule has 1 aliphatic rings. The predicted octanol–water partition coefficient (Wildman–Crippen LogP) is 3.35. The summed E-state index contributed by atoms with van der Waals surface area (Å²) >= 11 is 5.86. The molecule has 3 nitrogen and oxygen atoms in total. The molecule has 0 bridgehead atoms. The summed E-state index contributed by atoms with van der Waals surface area (Å²) < 4.78 is 5.77. The third kappa shape index (κ3) is 6.08. The first kappa shape index (κ1) is 16.3. The first-order valence-electron chi connectivity index (χ1n) is 7.58. The number of benzene rings is 1. The molecule has 1 aromatic rings. The van der Waals surface area contributed by atoms with Gasteiger partial charge in [0.2, 0.25) is 0 Å². The van der Waals surface area contributed by atoms with Crippen LogP contribution in [0.4, 0.5) is 0 Å². The lowest BCUT2D eigenvalue weighted by atomic mass is 9.96. The first-order chi connectivity index (χ1) is 10.1. The smallest absolute Gasteiger partial charge is 0.119 e. The minimum atomic E-state index is 0.527. The van der Waals surface area contributed by atoms with E-state index in [-0.39, 0.29) is 0 Å². The summed E-state index contributed by atoms with van der Waals surface area (Å²) in [6.45, 7) is 2.84. The Balaban J connectivity index is 1.72. The number of likely N-dealkylation sites (N-methyl/N-ethyl adjacent to an activating group) is 1. The summed E-state index contributed by atoms with van der Waals surface area (Å²) in [6.07, 6.45) is 5.70. The van der Waals surface area contributed by atoms with E-state index < -0.39 is 0 Å². The molecule has 1 atom stereocenters. The molecule has 0 radical (unpaired) electrons. The zero-order valence-corrected chi connectivity index (χ0v) is 13.7. The van der Waals surface area contributed by atoms with E-state index in [0.717, 1.165) is 43.3 Å². The zero-order valence-electron chi connectivity index (χ0n) is 12.9. The van der Waals surface area contributed by atoms with E-state index in [1.807, 2.05) is 24.3 Å². The summed E-state index contributed by atoms with van der Waals surface area (Å²) in [5, 5.41) is 4.32. The van der Waals surface area contributed by atoms with Gasteiger partial charge in [0.1, 0.15) is 5.75 Å². The molecule has 1 heterocycles. The lowest BCUT2D eigenvalue weighted by Crippen LogP contribution is -2.36. The SMILES string of the molecule is CN(C)CC=C1CCNC(CCOc2ccc(Cl)cc2)C1. The first-order valence-corrected chi connectivity index (χ1v) is 7.95. The van der Waals surface area contributed by atoms with E-state index in [4.69, 9.17) is 16.3 Å². The van der Waals surface area contributed by atoms with Crippen molar-refractivity contribution in [3.05, 3.63) is 40.9 Å². The van der Waals surface area contributed by atoms with Crippen molar-refractivity contribution >= 4 is 11.6 Å². The summed E-state index contributed by atoms with van der Waals surface area (Å²) in [5.74, 6) is 0.888. The molecule has 116 valence electrons. The van der Waals surface area contributed by atoms with Gasteiger partial charge in [0.05, 0.1) is 6.61 Å². The van der Waals surface area contributed by atoms with Gasteiger partial charge < -0.3 is 15.0 Å². The molecule has 0 saturated carbocycles. The lowest BCUT2D eigenvalue weighted by molar-refractivity contribution is 0.279. The van der Waals surface area contributed by atoms with Crippen LogP contribution in [0.3, 0.4) is 0 Å². The number of hydrogen-bond donors (Lipinski definition) is 1. The fraction of sp³-hybridized carbons (Fsp3) is 0.529. The Morgan fingerprint density at radius 2 is 2.10 bits per heavy atom. The molecule has 0 spiro atoms. The van der Waals surface area contributed by atoms with Crippen LogP contribution in [0, 0.1) is 0 Å². The van der Waals surface area contributed by atoms with Crippen LogP contribution >= 0.6 is 11.6 Å². The minimum Gasteiger partial charge on any atom is -0.494 e. The van der Waals surface area contributed by atoms with Crippen LogP contribution in [0.2, 0.25) is 5.02 Å². The molecule has 1 unspecified atom stereocenters. The standard InChI is InChI=1S/C17H25ClN2O/c1-20(2)11-8-14-7-10-19-16(13-14)9-12-21-17-5-3-15(18)4-6-17/h3-6,8,16,19H,7,9-13H2,1-2H3. The monoisotopic (exact) mass is 308 g/mol.